The maximum absolute atomic E-state index is 11.5. The first kappa shape index (κ1) is 11.5. The minimum atomic E-state index is -3.11. The molecule has 1 rings (SSSR count). The van der Waals surface area contributed by atoms with Crippen molar-refractivity contribution in [2.45, 2.75) is 19.8 Å². The van der Waals surface area contributed by atoms with Gasteiger partial charge in [-0.1, -0.05) is 0 Å². The Morgan fingerprint density at radius 3 is 2.79 bits per heavy atom. The van der Waals surface area contributed by atoms with Crippen molar-refractivity contribution in [3.63, 3.8) is 0 Å². The normalized spacial score (nSPS) is 24.8. The van der Waals surface area contributed by atoms with Crippen molar-refractivity contribution in [1.29, 1.82) is 5.41 Å². The zero-order chi connectivity index (χ0) is 10.8. The van der Waals surface area contributed by atoms with Gasteiger partial charge in [-0.2, -0.15) is 0 Å². The maximum Gasteiger partial charge on any atom is 0.213 e. The first-order chi connectivity index (χ1) is 6.47. The topological polar surface area (TPSA) is 87.2 Å². The summed E-state index contributed by atoms with van der Waals surface area (Å²) >= 11 is 0. The summed E-state index contributed by atoms with van der Waals surface area (Å²) in [4.78, 5) is 0. The fourth-order valence-corrected chi connectivity index (χ4v) is 2.81. The number of sulfonamides is 1. The van der Waals surface area contributed by atoms with Crippen molar-refractivity contribution < 1.29 is 8.42 Å². The third-order valence-corrected chi connectivity index (χ3v) is 4.43. The van der Waals surface area contributed by atoms with Crippen molar-refractivity contribution in [2.75, 3.05) is 18.8 Å². The third kappa shape index (κ3) is 2.45. The SMILES string of the molecule is CCS(=O)(=O)N1CCC[C@H](C(=N)N)C1. The highest BCUT2D eigenvalue weighted by molar-refractivity contribution is 7.89. The first-order valence-corrected chi connectivity index (χ1v) is 6.40. The Morgan fingerprint density at radius 1 is 1.64 bits per heavy atom. The predicted molar refractivity (Wildman–Crippen MR) is 55.7 cm³/mol. The van der Waals surface area contributed by atoms with E-state index in [1.165, 1.54) is 4.31 Å². The zero-order valence-corrected chi connectivity index (χ0v) is 9.18. The summed E-state index contributed by atoms with van der Waals surface area (Å²) in [5, 5.41) is 7.30. The molecule has 0 aromatic rings. The van der Waals surface area contributed by atoms with Crippen LogP contribution in [0.2, 0.25) is 0 Å². The Bertz CT molecular complexity index is 313. The summed E-state index contributed by atoms with van der Waals surface area (Å²) in [5.41, 5.74) is 5.38. The molecule has 0 amide bonds. The maximum atomic E-state index is 11.5. The summed E-state index contributed by atoms with van der Waals surface area (Å²) in [6.07, 6.45) is 1.62. The molecule has 1 aliphatic heterocycles. The molecule has 1 heterocycles. The molecule has 0 aromatic carbocycles. The van der Waals surface area contributed by atoms with Crippen LogP contribution in [0.1, 0.15) is 19.8 Å². The monoisotopic (exact) mass is 219 g/mol. The summed E-state index contributed by atoms with van der Waals surface area (Å²) < 4.78 is 24.5. The van der Waals surface area contributed by atoms with E-state index in [0.717, 1.165) is 12.8 Å². The Hall–Kier alpha value is -0.620. The average molecular weight is 219 g/mol. The van der Waals surface area contributed by atoms with Gasteiger partial charge in [0.25, 0.3) is 0 Å². The van der Waals surface area contributed by atoms with Crippen molar-refractivity contribution in [3.05, 3.63) is 0 Å². The molecule has 0 bridgehead atoms. The molecule has 14 heavy (non-hydrogen) atoms. The number of amidine groups is 1. The summed E-state index contributed by atoms with van der Waals surface area (Å²) in [7, 11) is -3.11. The molecule has 1 atom stereocenters. The largest absolute Gasteiger partial charge is 0.387 e. The van der Waals surface area contributed by atoms with Gasteiger partial charge < -0.3 is 5.73 Å². The number of piperidine rings is 1. The lowest BCUT2D eigenvalue weighted by Gasteiger charge is -2.30. The lowest BCUT2D eigenvalue weighted by Crippen LogP contribution is -2.44. The van der Waals surface area contributed by atoms with E-state index in [2.05, 4.69) is 0 Å². The highest BCUT2D eigenvalue weighted by atomic mass is 32.2. The Balaban J connectivity index is 2.70. The van der Waals surface area contributed by atoms with Gasteiger partial charge in [0.1, 0.15) is 0 Å². The second-order valence-corrected chi connectivity index (χ2v) is 5.81. The Morgan fingerprint density at radius 2 is 2.29 bits per heavy atom. The molecule has 3 N–H and O–H groups in total. The van der Waals surface area contributed by atoms with E-state index in [1.807, 2.05) is 0 Å². The molecule has 1 aliphatic rings. The standard InChI is InChI=1S/C8H17N3O2S/c1-2-14(12,13)11-5-3-4-7(6-11)8(9)10/h7H,2-6H2,1H3,(H3,9,10)/t7-/m0/s1. The number of nitrogens with one attached hydrogen (secondary N) is 1. The molecule has 0 aromatic heterocycles. The molecular formula is C8H17N3O2S. The van der Waals surface area contributed by atoms with Gasteiger partial charge in [-0.3, -0.25) is 5.41 Å². The van der Waals surface area contributed by atoms with Gasteiger partial charge in [0.05, 0.1) is 11.6 Å². The molecule has 1 saturated heterocycles. The van der Waals surface area contributed by atoms with E-state index in [0.29, 0.717) is 13.1 Å². The van der Waals surface area contributed by atoms with Crippen LogP contribution >= 0.6 is 0 Å². The van der Waals surface area contributed by atoms with E-state index < -0.39 is 10.0 Å². The zero-order valence-electron chi connectivity index (χ0n) is 8.36. The summed E-state index contributed by atoms with van der Waals surface area (Å²) in [5.74, 6) is 0.128. The fraction of sp³-hybridized carbons (Fsp3) is 0.875. The van der Waals surface area contributed by atoms with E-state index >= 15 is 0 Å². The van der Waals surface area contributed by atoms with Crippen LogP contribution in [-0.2, 0) is 10.0 Å². The lowest BCUT2D eigenvalue weighted by molar-refractivity contribution is 0.311. The highest BCUT2D eigenvalue weighted by Gasteiger charge is 2.28. The molecule has 0 unspecified atom stereocenters. The Kier molecular flexibility index (Phi) is 3.49. The second-order valence-electron chi connectivity index (χ2n) is 3.55. The molecule has 0 aliphatic carbocycles. The van der Waals surface area contributed by atoms with Crippen LogP contribution in [0.3, 0.4) is 0 Å². The van der Waals surface area contributed by atoms with Crippen molar-refractivity contribution in [2.24, 2.45) is 11.7 Å². The van der Waals surface area contributed by atoms with Crippen molar-refractivity contribution in [1.82, 2.24) is 4.31 Å². The molecule has 5 nitrogen and oxygen atoms in total. The van der Waals surface area contributed by atoms with Gasteiger partial charge in [0, 0.05) is 19.0 Å². The molecule has 1 fully saturated rings. The number of hydrogen-bond donors (Lipinski definition) is 2. The van der Waals surface area contributed by atoms with Crippen LogP contribution in [0.25, 0.3) is 0 Å². The minimum absolute atomic E-state index is 0.0925. The first-order valence-electron chi connectivity index (χ1n) is 4.79. The molecule has 82 valence electrons. The van der Waals surface area contributed by atoms with Crippen LogP contribution in [0.15, 0.2) is 0 Å². The van der Waals surface area contributed by atoms with Crippen molar-refractivity contribution >= 4 is 15.9 Å². The highest BCUT2D eigenvalue weighted by Crippen LogP contribution is 2.18. The number of nitrogens with two attached hydrogens (primary N) is 1. The molecule has 0 radical (unpaired) electrons. The van der Waals surface area contributed by atoms with Crippen molar-refractivity contribution in [3.8, 4) is 0 Å². The van der Waals surface area contributed by atoms with Gasteiger partial charge in [0.2, 0.25) is 10.0 Å². The molecule has 0 saturated carbocycles. The summed E-state index contributed by atoms with van der Waals surface area (Å²) in [6, 6.07) is 0. The number of rotatable bonds is 3. The van der Waals surface area contributed by atoms with Crippen LogP contribution < -0.4 is 5.73 Å². The van der Waals surface area contributed by atoms with Crippen LogP contribution in [0.4, 0.5) is 0 Å². The second kappa shape index (κ2) is 4.27. The molecule has 6 heteroatoms. The van der Waals surface area contributed by atoms with E-state index in [4.69, 9.17) is 11.1 Å². The predicted octanol–water partition coefficient (Wildman–Crippen LogP) is -0.0159. The smallest absolute Gasteiger partial charge is 0.213 e. The lowest BCUT2D eigenvalue weighted by atomic mass is 9.99. The average Bonchev–Trinajstić information content (AvgIpc) is 2.18. The van der Waals surface area contributed by atoms with Gasteiger partial charge >= 0.3 is 0 Å². The van der Waals surface area contributed by atoms with Crippen LogP contribution in [-0.4, -0.2) is 37.4 Å². The third-order valence-electron chi connectivity index (χ3n) is 2.58. The van der Waals surface area contributed by atoms with Gasteiger partial charge in [0.15, 0.2) is 0 Å². The van der Waals surface area contributed by atoms with E-state index in [1.54, 1.807) is 6.92 Å². The quantitative estimate of drug-likeness (QED) is 0.516. The van der Waals surface area contributed by atoms with Gasteiger partial charge in [-0.15, -0.1) is 0 Å². The van der Waals surface area contributed by atoms with E-state index in [-0.39, 0.29) is 17.5 Å². The van der Waals surface area contributed by atoms with Gasteiger partial charge in [-0.05, 0) is 19.8 Å². The van der Waals surface area contributed by atoms with Gasteiger partial charge in [-0.25, -0.2) is 12.7 Å². The van der Waals surface area contributed by atoms with E-state index in [9.17, 15) is 8.42 Å². The molecular weight excluding hydrogens is 202 g/mol. The van der Waals surface area contributed by atoms with Crippen LogP contribution in [0, 0.1) is 11.3 Å². The fourth-order valence-electron chi connectivity index (χ4n) is 1.63. The summed E-state index contributed by atoms with van der Waals surface area (Å²) in [6.45, 7) is 2.58. The Labute approximate surface area is 84.8 Å². The van der Waals surface area contributed by atoms with Crippen LogP contribution in [0.5, 0.6) is 0 Å². The number of hydrogen-bond acceptors (Lipinski definition) is 3. The number of nitrogens with zero attached hydrogens (tertiary/aromatic N) is 1. The minimum Gasteiger partial charge on any atom is -0.387 e. The molecule has 0 spiro atoms.